The molecule has 1 saturated heterocycles. The summed E-state index contributed by atoms with van der Waals surface area (Å²) in [6, 6.07) is 7.05. The third-order valence-corrected chi connectivity index (χ3v) is 9.61. The Morgan fingerprint density at radius 3 is 2.54 bits per heavy atom. The van der Waals surface area contributed by atoms with Crippen LogP contribution in [0.25, 0.3) is 11.2 Å². The highest BCUT2D eigenvalue weighted by atomic mass is 31.2. The van der Waals surface area contributed by atoms with Crippen LogP contribution in [0.1, 0.15) is 91.7 Å². The van der Waals surface area contributed by atoms with Crippen molar-refractivity contribution in [3.05, 3.63) is 42.7 Å². The maximum atomic E-state index is 14.3. The highest BCUT2D eigenvalue weighted by Crippen LogP contribution is 2.48. The van der Waals surface area contributed by atoms with Crippen molar-refractivity contribution in [2.24, 2.45) is 0 Å². The Kier molecular flexibility index (Phi) is 13.7. The molecule has 2 aromatic heterocycles. The lowest BCUT2D eigenvalue weighted by molar-refractivity contribution is -0.158. The van der Waals surface area contributed by atoms with E-state index in [2.05, 4.69) is 32.9 Å². The van der Waals surface area contributed by atoms with Gasteiger partial charge in [0.2, 0.25) is 0 Å². The monoisotopic (exact) mass is 716 g/mol. The van der Waals surface area contributed by atoms with Crippen LogP contribution in [0.5, 0.6) is 5.75 Å². The molecule has 1 aliphatic rings. The van der Waals surface area contributed by atoms with Gasteiger partial charge in [0.25, 0.3) is 0 Å². The molecule has 0 bridgehead atoms. The Morgan fingerprint density at radius 1 is 1.16 bits per heavy atom. The number of nitrogens with one attached hydrogen (secondary N) is 1. The molecule has 3 heterocycles. The Morgan fingerprint density at radius 2 is 1.86 bits per heavy atom. The average molecular weight is 717 g/mol. The minimum Gasteiger partial charge on any atom is -0.462 e. The Balaban J connectivity index is 1.59. The number of para-hydroxylation sites is 1. The predicted octanol–water partition coefficient (Wildman–Crippen LogP) is 6.02. The summed E-state index contributed by atoms with van der Waals surface area (Å²) in [5.74, 6) is 1.34. The quantitative estimate of drug-likeness (QED) is 0.0484. The van der Waals surface area contributed by atoms with Crippen molar-refractivity contribution in [2.75, 3.05) is 12.3 Å². The Hall–Kier alpha value is -4.09. The number of fused-ring (bicyclic) bond motifs is 1. The number of terminal acetylenes is 1. The lowest BCUT2D eigenvalue weighted by Gasteiger charge is -2.31. The second-order valence-corrected chi connectivity index (χ2v) is 14.1. The number of aromatic nitrogens is 4. The first kappa shape index (κ1) is 38.7. The first-order valence-electron chi connectivity index (χ1n) is 16.9. The standard InChI is InChI=1S/C34H46FN6O8P/c1-6-8-9-10-11-12-16-19-28(42)47-26-20-27(41-22-37-29-30(36)38-33(35)39-31(29)41)48-34(26,7-2)21-45-50(44,49-25-17-14-13-15-18-25)40-24(5)32(43)46-23(3)4/h2,13-15,17-18,22-24,26-27H,6,8-12,16,19-21H2,1,3-5H3,(H,40,44)(H2,36,38,39)/t24-,26-,27+,34+,50-/m0/s1. The van der Waals surface area contributed by atoms with Crippen molar-refractivity contribution in [1.29, 1.82) is 0 Å². The number of benzene rings is 1. The zero-order valence-electron chi connectivity index (χ0n) is 28.9. The summed E-state index contributed by atoms with van der Waals surface area (Å²) in [6.07, 6.45) is 11.0. The number of hydrogen-bond donors (Lipinski definition) is 2. The molecule has 1 aromatic carbocycles. The maximum absolute atomic E-state index is 14.3. The van der Waals surface area contributed by atoms with Crippen LogP contribution >= 0.6 is 7.75 Å². The average Bonchev–Trinajstić information content (AvgIpc) is 3.65. The zero-order valence-corrected chi connectivity index (χ0v) is 29.8. The van der Waals surface area contributed by atoms with Gasteiger partial charge < -0.3 is 24.5 Å². The fraction of sp³-hybridized carbons (Fsp3) is 0.559. The molecule has 3 aromatic rings. The van der Waals surface area contributed by atoms with Gasteiger partial charge in [-0.1, -0.05) is 69.6 Å². The number of ether oxygens (including phenoxy) is 3. The van der Waals surface area contributed by atoms with Crippen LogP contribution in [0.15, 0.2) is 36.7 Å². The topological polar surface area (TPSA) is 179 Å². The number of carbonyl (C=O) groups is 2. The van der Waals surface area contributed by atoms with Crippen molar-refractivity contribution in [2.45, 2.75) is 116 Å². The molecule has 3 N–H and O–H groups in total. The van der Waals surface area contributed by atoms with E-state index in [-0.39, 0.29) is 35.6 Å². The molecular formula is C34H46FN6O8P. The van der Waals surface area contributed by atoms with Crippen LogP contribution in [0, 0.1) is 18.4 Å². The number of nitrogen functional groups attached to an aromatic ring is 1. The molecule has 0 unspecified atom stereocenters. The van der Waals surface area contributed by atoms with Gasteiger partial charge in [-0.15, -0.1) is 6.42 Å². The van der Waals surface area contributed by atoms with E-state index in [0.29, 0.717) is 6.42 Å². The van der Waals surface area contributed by atoms with Crippen molar-refractivity contribution in [3.63, 3.8) is 0 Å². The van der Waals surface area contributed by atoms with Crippen LogP contribution in [-0.2, 0) is 32.9 Å². The number of rotatable bonds is 19. The molecule has 50 heavy (non-hydrogen) atoms. The summed E-state index contributed by atoms with van der Waals surface area (Å²) < 4.78 is 59.1. The number of unbranched alkanes of at least 4 members (excludes halogenated alkanes) is 6. The third-order valence-electron chi connectivity index (χ3n) is 7.99. The summed E-state index contributed by atoms with van der Waals surface area (Å²) in [5.41, 5.74) is 4.20. The number of nitrogens with two attached hydrogens (primary N) is 1. The number of esters is 2. The van der Waals surface area contributed by atoms with Gasteiger partial charge in [-0.25, -0.2) is 9.55 Å². The molecule has 272 valence electrons. The van der Waals surface area contributed by atoms with Crippen molar-refractivity contribution in [3.8, 4) is 18.1 Å². The molecule has 16 heteroatoms. The van der Waals surface area contributed by atoms with Gasteiger partial charge in [0, 0.05) is 12.8 Å². The second kappa shape index (κ2) is 17.7. The van der Waals surface area contributed by atoms with Crippen LogP contribution in [0.3, 0.4) is 0 Å². The lowest BCUT2D eigenvalue weighted by atomic mass is 9.98. The number of imidazole rings is 1. The van der Waals surface area contributed by atoms with Gasteiger partial charge >= 0.3 is 25.8 Å². The third kappa shape index (κ3) is 10.2. The molecule has 5 atom stereocenters. The van der Waals surface area contributed by atoms with Gasteiger partial charge in [-0.2, -0.15) is 19.4 Å². The van der Waals surface area contributed by atoms with E-state index >= 15 is 0 Å². The summed E-state index contributed by atoms with van der Waals surface area (Å²) in [7, 11) is -4.40. The molecule has 0 radical (unpaired) electrons. The van der Waals surface area contributed by atoms with E-state index in [1.54, 1.807) is 44.2 Å². The largest absolute Gasteiger partial charge is 0.462 e. The minimum absolute atomic E-state index is 0.0261. The number of nitrogens with zero attached hydrogens (tertiary/aromatic N) is 4. The van der Waals surface area contributed by atoms with Gasteiger partial charge in [-0.3, -0.25) is 18.7 Å². The maximum Gasteiger partial charge on any atom is 0.459 e. The van der Waals surface area contributed by atoms with E-state index in [1.165, 1.54) is 24.2 Å². The smallest absolute Gasteiger partial charge is 0.459 e. The van der Waals surface area contributed by atoms with Crippen molar-refractivity contribution >= 4 is 36.7 Å². The number of hydrogen-bond acceptors (Lipinski definition) is 12. The van der Waals surface area contributed by atoms with E-state index in [0.717, 1.165) is 32.1 Å². The summed E-state index contributed by atoms with van der Waals surface area (Å²) in [6.45, 7) is 6.34. The normalized spacial score (nSPS) is 20.7. The lowest BCUT2D eigenvalue weighted by Crippen LogP contribution is -2.45. The van der Waals surface area contributed by atoms with E-state index < -0.39 is 62.4 Å². The van der Waals surface area contributed by atoms with Crippen LogP contribution < -0.4 is 15.3 Å². The SMILES string of the molecule is C#C[C@]1(CO[P@@](=O)(N[C@@H](C)C(=O)OC(C)C)Oc2ccccc2)O[C@@H](n2cnc3c(N)nc(F)nc32)C[C@@H]1OC(=O)CCCCCCCCC. The molecule has 0 spiro atoms. The van der Waals surface area contributed by atoms with E-state index in [4.69, 9.17) is 35.4 Å². The second-order valence-electron chi connectivity index (χ2n) is 12.4. The van der Waals surface area contributed by atoms with Gasteiger partial charge in [0.05, 0.1) is 12.4 Å². The van der Waals surface area contributed by atoms with Crippen LogP contribution in [0.4, 0.5) is 10.2 Å². The fourth-order valence-corrected chi connectivity index (χ4v) is 6.95. The Bertz CT molecular complexity index is 1690. The molecule has 0 saturated carbocycles. The Labute approximate surface area is 291 Å². The molecule has 0 aliphatic carbocycles. The van der Waals surface area contributed by atoms with Crippen molar-refractivity contribution in [1.82, 2.24) is 24.6 Å². The molecular weight excluding hydrogens is 670 g/mol. The number of carbonyl (C=O) groups excluding carboxylic acids is 2. The van der Waals surface area contributed by atoms with E-state index in [1.807, 2.05) is 0 Å². The first-order valence-corrected chi connectivity index (χ1v) is 18.4. The van der Waals surface area contributed by atoms with Crippen LogP contribution in [-0.4, -0.2) is 61.9 Å². The fourth-order valence-electron chi connectivity index (χ4n) is 5.43. The molecule has 1 fully saturated rings. The van der Waals surface area contributed by atoms with Gasteiger partial charge in [-0.05, 0) is 39.3 Å². The molecule has 4 rings (SSSR count). The highest BCUT2D eigenvalue weighted by Gasteiger charge is 2.53. The first-order chi connectivity index (χ1) is 23.9. The van der Waals surface area contributed by atoms with Gasteiger partial charge in [0.15, 0.2) is 22.6 Å². The van der Waals surface area contributed by atoms with E-state index in [9.17, 15) is 18.5 Å². The summed E-state index contributed by atoms with van der Waals surface area (Å²) in [4.78, 5) is 37.3. The minimum atomic E-state index is -4.40. The molecule has 0 amide bonds. The zero-order chi connectivity index (χ0) is 36.3. The van der Waals surface area contributed by atoms with Crippen LogP contribution in [0.2, 0.25) is 0 Å². The predicted molar refractivity (Wildman–Crippen MR) is 183 cm³/mol. The number of halogens is 1. The highest BCUT2D eigenvalue weighted by molar-refractivity contribution is 7.52. The van der Waals surface area contributed by atoms with Gasteiger partial charge in [0.1, 0.15) is 30.7 Å². The summed E-state index contributed by atoms with van der Waals surface area (Å²) in [5, 5.41) is 2.61. The molecule has 1 aliphatic heterocycles. The van der Waals surface area contributed by atoms with Crippen molar-refractivity contribution < 1.29 is 41.8 Å². The summed E-state index contributed by atoms with van der Waals surface area (Å²) >= 11 is 0. The number of anilines is 1. The molecule has 14 nitrogen and oxygen atoms in total.